The number of non-ortho nitro benzene ring substituents is 1. The molecule has 0 saturated carbocycles. The molecule has 0 radical (unpaired) electrons. The molecular weight excluding hydrogens is 393 g/mol. The van der Waals surface area contributed by atoms with Crippen molar-refractivity contribution in [2.45, 2.75) is 0 Å². The molecule has 27 heavy (non-hydrogen) atoms. The smallest absolute Gasteiger partial charge is 0.267 e. The number of hydrogen-bond donors (Lipinski definition) is 1. The van der Waals surface area contributed by atoms with Crippen LogP contribution < -0.4 is 5.43 Å². The van der Waals surface area contributed by atoms with Crippen molar-refractivity contribution in [3.05, 3.63) is 80.5 Å². The van der Waals surface area contributed by atoms with E-state index in [1.54, 1.807) is 0 Å². The maximum absolute atomic E-state index is 13.0. The standard InChI is InChI=1S/C17H10FN3O4S2/c18-12-6-4-10(5-7-12)8-14-16(23)20(17(26)27-14)19-15(22)11-2-1-3-13(9-11)21(24)25/h1-9H,(H,19,22). The van der Waals surface area contributed by atoms with Gasteiger partial charge in [0.1, 0.15) is 5.82 Å². The highest BCUT2D eigenvalue weighted by molar-refractivity contribution is 8.26. The van der Waals surface area contributed by atoms with Crippen molar-refractivity contribution < 1.29 is 18.9 Å². The number of carbonyl (C=O) groups is 2. The van der Waals surface area contributed by atoms with Gasteiger partial charge >= 0.3 is 0 Å². The molecule has 0 atom stereocenters. The number of halogens is 1. The minimum Gasteiger partial charge on any atom is -0.267 e. The molecule has 1 saturated heterocycles. The van der Waals surface area contributed by atoms with Gasteiger partial charge < -0.3 is 0 Å². The van der Waals surface area contributed by atoms with Gasteiger partial charge in [-0.3, -0.25) is 25.1 Å². The first-order chi connectivity index (χ1) is 12.8. The molecule has 1 fully saturated rings. The van der Waals surface area contributed by atoms with E-state index < -0.39 is 22.6 Å². The molecular formula is C17H10FN3O4S2. The summed E-state index contributed by atoms with van der Waals surface area (Å²) in [4.78, 5) is 35.2. The number of carbonyl (C=O) groups excluding carboxylic acids is 2. The van der Waals surface area contributed by atoms with Gasteiger partial charge in [0.15, 0.2) is 4.32 Å². The summed E-state index contributed by atoms with van der Waals surface area (Å²) in [6.45, 7) is 0. The lowest BCUT2D eigenvalue weighted by Gasteiger charge is -2.15. The van der Waals surface area contributed by atoms with Crippen LogP contribution in [0.25, 0.3) is 6.08 Å². The Morgan fingerprint density at radius 1 is 1.26 bits per heavy atom. The summed E-state index contributed by atoms with van der Waals surface area (Å²) < 4.78 is 13.1. The predicted octanol–water partition coefficient (Wildman–Crippen LogP) is 3.28. The Morgan fingerprint density at radius 2 is 1.96 bits per heavy atom. The highest BCUT2D eigenvalue weighted by Crippen LogP contribution is 2.31. The Labute approximate surface area is 162 Å². The van der Waals surface area contributed by atoms with Gasteiger partial charge in [0, 0.05) is 17.7 Å². The quantitative estimate of drug-likeness (QED) is 0.365. The SMILES string of the molecule is O=C(NN1C(=O)C(=Cc2ccc(F)cc2)SC1=S)c1cccc([N+](=O)[O-])c1. The van der Waals surface area contributed by atoms with Crippen LogP contribution >= 0.6 is 24.0 Å². The Bertz CT molecular complexity index is 992. The Hall–Kier alpha value is -3.11. The van der Waals surface area contributed by atoms with Crippen molar-refractivity contribution in [3.63, 3.8) is 0 Å². The normalized spacial score (nSPS) is 15.3. The Morgan fingerprint density at radius 3 is 2.63 bits per heavy atom. The number of hydrazine groups is 1. The molecule has 7 nitrogen and oxygen atoms in total. The second-order valence-electron chi connectivity index (χ2n) is 5.32. The van der Waals surface area contributed by atoms with Crippen molar-refractivity contribution in [2.24, 2.45) is 0 Å². The Kier molecular flexibility index (Phi) is 5.28. The zero-order chi connectivity index (χ0) is 19.6. The zero-order valence-electron chi connectivity index (χ0n) is 13.4. The minimum absolute atomic E-state index is 0.0146. The zero-order valence-corrected chi connectivity index (χ0v) is 15.1. The number of hydrogen-bond acceptors (Lipinski definition) is 6. The lowest BCUT2D eigenvalue weighted by atomic mass is 10.2. The van der Waals surface area contributed by atoms with Crippen molar-refractivity contribution in [1.29, 1.82) is 0 Å². The molecule has 0 aromatic heterocycles. The predicted molar refractivity (Wildman–Crippen MR) is 102 cm³/mol. The lowest BCUT2D eigenvalue weighted by molar-refractivity contribution is -0.384. The van der Waals surface area contributed by atoms with Crippen LogP contribution in [0.2, 0.25) is 0 Å². The molecule has 0 bridgehead atoms. The van der Waals surface area contributed by atoms with Crippen molar-refractivity contribution >= 4 is 51.9 Å². The topological polar surface area (TPSA) is 92.6 Å². The maximum Gasteiger partial charge on any atom is 0.285 e. The van der Waals surface area contributed by atoms with Crippen LogP contribution in [0.15, 0.2) is 53.4 Å². The van der Waals surface area contributed by atoms with E-state index in [1.165, 1.54) is 48.5 Å². The third-order valence-electron chi connectivity index (χ3n) is 3.49. The summed E-state index contributed by atoms with van der Waals surface area (Å²) in [5.41, 5.74) is 2.71. The number of thioether (sulfide) groups is 1. The lowest BCUT2D eigenvalue weighted by Crippen LogP contribution is -2.44. The number of nitrogens with zero attached hydrogens (tertiary/aromatic N) is 2. The fourth-order valence-electron chi connectivity index (χ4n) is 2.20. The van der Waals surface area contributed by atoms with E-state index in [4.69, 9.17) is 12.2 Å². The fourth-order valence-corrected chi connectivity index (χ4v) is 3.38. The Balaban J connectivity index is 1.77. The van der Waals surface area contributed by atoms with Crippen LogP contribution in [-0.2, 0) is 4.79 Å². The molecule has 1 aliphatic heterocycles. The van der Waals surface area contributed by atoms with Crippen LogP contribution in [0.1, 0.15) is 15.9 Å². The van der Waals surface area contributed by atoms with Gasteiger partial charge in [-0.05, 0) is 42.1 Å². The summed E-state index contributed by atoms with van der Waals surface area (Å²) in [7, 11) is 0. The van der Waals surface area contributed by atoms with Gasteiger partial charge in [-0.2, -0.15) is 5.01 Å². The van der Waals surface area contributed by atoms with Crippen LogP contribution in [0.5, 0.6) is 0 Å². The molecule has 1 heterocycles. The first-order valence-electron chi connectivity index (χ1n) is 7.44. The maximum atomic E-state index is 13.0. The van der Waals surface area contributed by atoms with E-state index in [0.29, 0.717) is 5.56 Å². The highest BCUT2D eigenvalue weighted by Gasteiger charge is 2.33. The van der Waals surface area contributed by atoms with Crippen LogP contribution in [0.3, 0.4) is 0 Å². The van der Waals surface area contributed by atoms with E-state index >= 15 is 0 Å². The van der Waals surface area contributed by atoms with E-state index in [0.717, 1.165) is 22.8 Å². The number of nitro benzene ring substituents is 1. The molecule has 136 valence electrons. The molecule has 2 aromatic carbocycles. The molecule has 1 aliphatic rings. The summed E-state index contributed by atoms with van der Waals surface area (Å²) in [5, 5.41) is 11.7. The molecule has 10 heteroatoms. The molecule has 2 amide bonds. The van der Waals surface area contributed by atoms with E-state index in [1.807, 2.05) is 0 Å². The molecule has 2 aromatic rings. The number of rotatable bonds is 4. The number of thiocarbonyl (C=S) groups is 1. The van der Waals surface area contributed by atoms with Gasteiger partial charge in [0.25, 0.3) is 17.5 Å². The van der Waals surface area contributed by atoms with Gasteiger partial charge in [-0.25, -0.2) is 4.39 Å². The van der Waals surface area contributed by atoms with E-state index in [-0.39, 0.29) is 20.5 Å². The average molecular weight is 403 g/mol. The van der Waals surface area contributed by atoms with E-state index in [9.17, 15) is 24.1 Å². The highest BCUT2D eigenvalue weighted by atomic mass is 32.2. The monoisotopic (exact) mass is 403 g/mol. The second kappa shape index (κ2) is 7.64. The average Bonchev–Trinajstić information content (AvgIpc) is 2.91. The molecule has 0 aliphatic carbocycles. The number of amides is 2. The van der Waals surface area contributed by atoms with Crippen LogP contribution in [0, 0.1) is 15.9 Å². The molecule has 1 N–H and O–H groups in total. The fraction of sp³-hybridized carbons (Fsp3) is 0. The largest absolute Gasteiger partial charge is 0.285 e. The van der Waals surface area contributed by atoms with Crippen LogP contribution in [-0.4, -0.2) is 26.1 Å². The van der Waals surface area contributed by atoms with Gasteiger partial charge in [0.05, 0.1) is 9.83 Å². The minimum atomic E-state index is -0.710. The number of nitro groups is 1. The van der Waals surface area contributed by atoms with Crippen molar-refractivity contribution in [3.8, 4) is 0 Å². The summed E-state index contributed by atoms with van der Waals surface area (Å²) in [5.74, 6) is -1.66. The summed E-state index contributed by atoms with van der Waals surface area (Å²) in [6, 6.07) is 10.6. The number of nitrogens with one attached hydrogen (secondary N) is 1. The van der Waals surface area contributed by atoms with E-state index in [2.05, 4.69) is 5.43 Å². The summed E-state index contributed by atoms with van der Waals surface area (Å²) >= 11 is 6.09. The molecule has 0 unspecified atom stereocenters. The summed E-state index contributed by atoms with van der Waals surface area (Å²) in [6.07, 6.45) is 1.53. The van der Waals surface area contributed by atoms with Crippen molar-refractivity contribution in [1.82, 2.24) is 10.4 Å². The first kappa shape index (κ1) is 18.7. The third-order valence-corrected chi connectivity index (χ3v) is 4.80. The van der Waals surface area contributed by atoms with Gasteiger partial charge in [0.2, 0.25) is 0 Å². The van der Waals surface area contributed by atoms with Crippen LogP contribution in [0.4, 0.5) is 10.1 Å². The first-order valence-corrected chi connectivity index (χ1v) is 8.66. The second-order valence-corrected chi connectivity index (χ2v) is 6.99. The molecule has 3 rings (SSSR count). The van der Waals surface area contributed by atoms with Gasteiger partial charge in [-0.15, -0.1) is 0 Å². The third kappa shape index (κ3) is 4.18. The number of benzene rings is 2. The van der Waals surface area contributed by atoms with Gasteiger partial charge in [-0.1, -0.05) is 30.0 Å². The molecule has 0 spiro atoms. The van der Waals surface area contributed by atoms with Crippen molar-refractivity contribution in [2.75, 3.05) is 0 Å².